The molecule has 8 nitrogen and oxygen atoms in total. The van der Waals surface area contributed by atoms with Crippen molar-refractivity contribution in [2.24, 2.45) is 0 Å². The lowest BCUT2D eigenvalue weighted by atomic mass is 10.2. The maximum Gasteiger partial charge on any atom is 0.189 e. The third-order valence-corrected chi connectivity index (χ3v) is 5.47. The largest absolute Gasteiger partial charge is 0.486 e. The van der Waals surface area contributed by atoms with Crippen molar-refractivity contribution in [1.82, 2.24) is 15.0 Å². The van der Waals surface area contributed by atoms with Gasteiger partial charge in [0.1, 0.15) is 25.2 Å². The van der Waals surface area contributed by atoms with Crippen molar-refractivity contribution in [2.75, 3.05) is 29.6 Å². The second kappa shape index (κ2) is 7.10. The van der Waals surface area contributed by atoms with Gasteiger partial charge in [-0.25, -0.2) is 15.0 Å². The van der Waals surface area contributed by atoms with E-state index in [1.807, 2.05) is 43.3 Å². The number of hydrogen-bond donors (Lipinski definition) is 3. The van der Waals surface area contributed by atoms with Gasteiger partial charge in [-0.05, 0) is 30.7 Å². The van der Waals surface area contributed by atoms with Crippen LogP contribution in [0.2, 0.25) is 0 Å². The number of anilines is 5. The molecule has 2 aromatic heterocycles. The zero-order valence-corrected chi connectivity index (χ0v) is 16.4. The molecule has 0 saturated carbocycles. The Kier molecular flexibility index (Phi) is 4.28. The van der Waals surface area contributed by atoms with Crippen molar-refractivity contribution in [3.05, 3.63) is 48.3 Å². The van der Waals surface area contributed by atoms with E-state index in [4.69, 9.17) is 15.2 Å². The van der Waals surface area contributed by atoms with Gasteiger partial charge in [0.15, 0.2) is 28.3 Å². The standard InChI is InChI=1S/C20H18N6O2S/c1-11-3-2-4-15-17(11)25-20(29-15)26-19-16(21)18(22-10-23-19)24-12-5-6-13-14(9-12)28-8-7-27-13/h2-6,9-10H,7-8,21H2,1H3,(H2,22,23,24,25,26). The van der Waals surface area contributed by atoms with Crippen molar-refractivity contribution in [1.29, 1.82) is 0 Å². The smallest absolute Gasteiger partial charge is 0.189 e. The first kappa shape index (κ1) is 17.5. The summed E-state index contributed by atoms with van der Waals surface area (Å²) in [5.74, 6) is 2.41. The highest BCUT2D eigenvalue weighted by Crippen LogP contribution is 2.36. The van der Waals surface area contributed by atoms with Crippen LogP contribution in [0.5, 0.6) is 11.5 Å². The molecule has 4 N–H and O–H groups in total. The minimum absolute atomic E-state index is 0.401. The lowest BCUT2D eigenvalue weighted by Crippen LogP contribution is -2.15. The lowest BCUT2D eigenvalue weighted by Gasteiger charge is -2.19. The van der Waals surface area contributed by atoms with Crippen molar-refractivity contribution < 1.29 is 9.47 Å². The Bertz CT molecular complexity index is 1210. The summed E-state index contributed by atoms with van der Waals surface area (Å²) in [5.41, 5.74) is 9.61. The summed E-state index contributed by atoms with van der Waals surface area (Å²) in [6, 6.07) is 11.7. The predicted octanol–water partition coefficient (Wildman–Crippen LogP) is 4.24. The van der Waals surface area contributed by atoms with Crippen LogP contribution in [-0.4, -0.2) is 28.2 Å². The average Bonchev–Trinajstić information content (AvgIpc) is 3.15. The molecule has 5 rings (SSSR count). The first-order valence-corrected chi connectivity index (χ1v) is 9.89. The second-order valence-corrected chi connectivity index (χ2v) is 7.56. The van der Waals surface area contributed by atoms with Crippen LogP contribution in [0, 0.1) is 6.92 Å². The van der Waals surface area contributed by atoms with Crippen LogP contribution >= 0.6 is 11.3 Å². The van der Waals surface area contributed by atoms with Crippen LogP contribution < -0.4 is 25.8 Å². The molecule has 3 heterocycles. The molecule has 4 aromatic rings. The van der Waals surface area contributed by atoms with Gasteiger partial charge in [-0.1, -0.05) is 23.5 Å². The SMILES string of the molecule is Cc1cccc2sc(Nc3ncnc(Nc4ccc5c(c4)OCCO5)c3N)nc12. The Morgan fingerprint density at radius 1 is 1.00 bits per heavy atom. The van der Waals surface area contributed by atoms with Gasteiger partial charge in [-0.15, -0.1) is 0 Å². The molecule has 2 aromatic carbocycles. The van der Waals surface area contributed by atoms with Gasteiger partial charge in [-0.2, -0.15) is 0 Å². The number of fused-ring (bicyclic) bond motifs is 2. The van der Waals surface area contributed by atoms with Gasteiger partial charge in [0.2, 0.25) is 0 Å². The number of aryl methyl sites for hydroxylation is 1. The van der Waals surface area contributed by atoms with E-state index in [1.165, 1.54) is 6.33 Å². The van der Waals surface area contributed by atoms with E-state index in [0.29, 0.717) is 36.3 Å². The summed E-state index contributed by atoms with van der Waals surface area (Å²) in [4.78, 5) is 13.2. The number of aromatic nitrogens is 3. The normalized spacial score (nSPS) is 12.7. The molecular weight excluding hydrogens is 388 g/mol. The first-order valence-electron chi connectivity index (χ1n) is 9.08. The monoisotopic (exact) mass is 406 g/mol. The Morgan fingerprint density at radius 2 is 1.79 bits per heavy atom. The molecule has 0 unspecified atom stereocenters. The average molecular weight is 406 g/mol. The van der Waals surface area contributed by atoms with E-state index in [9.17, 15) is 0 Å². The van der Waals surface area contributed by atoms with Crippen LogP contribution in [0.15, 0.2) is 42.7 Å². The molecule has 29 heavy (non-hydrogen) atoms. The fourth-order valence-corrected chi connectivity index (χ4v) is 4.04. The van der Waals surface area contributed by atoms with Crippen LogP contribution in [0.25, 0.3) is 10.2 Å². The fourth-order valence-electron chi connectivity index (χ4n) is 3.09. The van der Waals surface area contributed by atoms with Gasteiger partial charge in [-0.3, -0.25) is 0 Å². The summed E-state index contributed by atoms with van der Waals surface area (Å²) in [6.07, 6.45) is 1.46. The van der Waals surface area contributed by atoms with Crippen LogP contribution in [0.3, 0.4) is 0 Å². The van der Waals surface area contributed by atoms with Crippen LogP contribution in [0.1, 0.15) is 5.56 Å². The van der Waals surface area contributed by atoms with Crippen molar-refractivity contribution in [3.63, 3.8) is 0 Å². The van der Waals surface area contributed by atoms with Crippen molar-refractivity contribution in [2.45, 2.75) is 6.92 Å². The van der Waals surface area contributed by atoms with E-state index in [1.54, 1.807) is 11.3 Å². The minimum Gasteiger partial charge on any atom is -0.486 e. The van der Waals surface area contributed by atoms with Crippen LogP contribution in [0.4, 0.5) is 28.1 Å². The number of nitrogen functional groups attached to an aromatic ring is 1. The number of rotatable bonds is 4. The third-order valence-electron chi connectivity index (χ3n) is 4.53. The fraction of sp³-hybridized carbons (Fsp3) is 0.150. The van der Waals surface area contributed by atoms with E-state index >= 15 is 0 Å². The molecule has 0 atom stereocenters. The highest BCUT2D eigenvalue weighted by molar-refractivity contribution is 7.22. The zero-order valence-electron chi connectivity index (χ0n) is 15.6. The molecule has 9 heteroatoms. The molecule has 1 aliphatic rings. The second-order valence-electron chi connectivity index (χ2n) is 6.53. The number of nitrogens with one attached hydrogen (secondary N) is 2. The number of benzene rings is 2. The summed E-state index contributed by atoms with van der Waals surface area (Å²) in [6.45, 7) is 3.13. The van der Waals surface area contributed by atoms with Gasteiger partial charge in [0, 0.05) is 11.8 Å². The summed E-state index contributed by atoms with van der Waals surface area (Å²) >= 11 is 1.55. The Hall–Kier alpha value is -3.59. The molecule has 0 radical (unpaired) electrons. The maximum absolute atomic E-state index is 6.31. The summed E-state index contributed by atoms with van der Waals surface area (Å²) in [7, 11) is 0. The number of thiazole rings is 1. The number of ether oxygens (including phenoxy) is 2. The molecule has 0 saturated heterocycles. The molecular formula is C20H18N6O2S. The Balaban J connectivity index is 1.41. The summed E-state index contributed by atoms with van der Waals surface area (Å²) in [5, 5.41) is 7.15. The molecule has 1 aliphatic heterocycles. The number of para-hydroxylation sites is 1. The number of nitrogens with two attached hydrogens (primary N) is 1. The van der Waals surface area contributed by atoms with E-state index in [0.717, 1.165) is 32.3 Å². The predicted molar refractivity (Wildman–Crippen MR) is 115 cm³/mol. The molecule has 0 bridgehead atoms. The third kappa shape index (κ3) is 3.36. The topological polar surface area (TPSA) is 107 Å². The van der Waals surface area contributed by atoms with Gasteiger partial charge in [0.05, 0.1) is 10.2 Å². The highest BCUT2D eigenvalue weighted by atomic mass is 32.1. The Morgan fingerprint density at radius 3 is 2.62 bits per heavy atom. The molecule has 146 valence electrons. The van der Waals surface area contributed by atoms with Gasteiger partial charge in [0.25, 0.3) is 0 Å². The van der Waals surface area contributed by atoms with Crippen LogP contribution in [-0.2, 0) is 0 Å². The number of hydrogen-bond acceptors (Lipinski definition) is 9. The minimum atomic E-state index is 0.401. The van der Waals surface area contributed by atoms with E-state index < -0.39 is 0 Å². The van der Waals surface area contributed by atoms with Gasteiger partial charge < -0.3 is 25.8 Å². The van der Waals surface area contributed by atoms with E-state index in [-0.39, 0.29) is 0 Å². The highest BCUT2D eigenvalue weighted by Gasteiger charge is 2.15. The van der Waals surface area contributed by atoms with Crippen molar-refractivity contribution in [3.8, 4) is 11.5 Å². The first-order chi connectivity index (χ1) is 14.2. The van der Waals surface area contributed by atoms with Gasteiger partial charge >= 0.3 is 0 Å². The molecule has 0 spiro atoms. The zero-order chi connectivity index (χ0) is 19.8. The molecule has 0 aliphatic carbocycles. The summed E-state index contributed by atoms with van der Waals surface area (Å²) < 4.78 is 12.3. The Labute approximate surface area is 170 Å². The van der Waals surface area contributed by atoms with E-state index in [2.05, 4.69) is 25.6 Å². The van der Waals surface area contributed by atoms with Crippen molar-refractivity contribution >= 4 is 49.7 Å². The number of nitrogens with zero attached hydrogens (tertiary/aromatic N) is 3. The molecule has 0 fully saturated rings. The quantitative estimate of drug-likeness (QED) is 0.462. The maximum atomic E-state index is 6.31. The lowest BCUT2D eigenvalue weighted by molar-refractivity contribution is 0.171. The molecule has 0 amide bonds.